The monoisotopic (exact) mass is 630 g/mol. The highest BCUT2D eigenvalue weighted by atomic mass is 16.2. The van der Waals surface area contributed by atoms with Crippen molar-refractivity contribution in [2.45, 2.75) is 53.0 Å². The van der Waals surface area contributed by atoms with Crippen molar-refractivity contribution < 1.29 is 9.59 Å². The minimum absolute atomic E-state index is 0.355. The molecule has 2 heterocycles. The average Bonchev–Trinajstić information content (AvgIpc) is 3.41. The van der Waals surface area contributed by atoms with E-state index in [1.54, 1.807) is 42.5 Å². The molecule has 0 aliphatic carbocycles. The smallest absolute Gasteiger partial charge is 0.323 e. The van der Waals surface area contributed by atoms with Gasteiger partial charge in [0.1, 0.15) is 0 Å². The number of hydrogen-bond donors (Lipinski definition) is 6. The number of amides is 1. The lowest BCUT2D eigenvalue weighted by molar-refractivity contribution is -0.126. The predicted octanol–water partition coefficient (Wildman–Crippen LogP) is 4.82. The standard InChI is InChI=1S/C31H42N12O3/c1-5-8-16-32-28-38-29(33-17-9-18-43(6-2)7-3)40-30(39-28)35-21-10-12-22(13-11-21)41-42-26(20(4)44)27(45)34-23-14-15-24-25(19-23)37-31(46)36-24/h10-15,19,26H,5-9,16-18H2,1-4H3,(H,34,45)(H2,36,37,46)(H3,32,33,35,38,39,40)/b42-41+. The summed E-state index contributed by atoms with van der Waals surface area (Å²) in [6, 6.07) is 10.5. The summed E-state index contributed by atoms with van der Waals surface area (Å²) in [6.45, 7) is 12.2. The lowest BCUT2D eigenvalue weighted by atomic mass is 10.2. The second-order valence-corrected chi connectivity index (χ2v) is 10.6. The Kier molecular flexibility index (Phi) is 12.3. The number of aromatic amines is 2. The van der Waals surface area contributed by atoms with Crippen LogP contribution in [0.3, 0.4) is 0 Å². The van der Waals surface area contributed by atoms with E-state index in [2.05, 4.69) is 82.1 Å². The highest BCUT2D eigenvalue weighted by molar-refractivity contribution is 6.10. The number of benzene rings is 2. The van der Waals surface area contributed by atoms with E-state index in [0.29, 0.717) is 45.9 Å². The van der Waals surface area contributed by atoms with Crippen molar-refractivity contribution in [3.63, 3.8) is 0 Å². The van der Waals surface area contributed by atoms with Crippen molar-refractivity contribution in [3.8, 4) is 0 Å². The van der Waals surface area contributed by atoms with E-state index in [9.17, 15) is 14.4 Å². The van der Waals surface area contributed by atoms with Crippen LogP contribution in [-0.4, -0.2) is 80.3 Å². The van der Waals surface area contributed by atoms with Gasteiger partial charge in [0.2, 0.25) is 23.9 Å². The fraction of sp³-hybridized carbons (Fsp3) is 0.419. The van der Waals surface area contributed by atoms with Crippen LogP contribution in [0.1, 0.15) is 47.0 Å². The van der Waals surface area contributed by atoms with Gasteiger partial charge in [-0.3, -0.25) is 9.59 Å². The molecule has 4 aromatic rings. The number of imidazole rings is 1. The van der Waals surface area contributed by atoms with Crippen LogP contribution in [0.15, 0.2) is 57.5 Å². The Hall–Kier alpha value is -5.18. The fourth-order valence-electron chi connectivity index (χ4n) is 4.51. The van der Waals surface area contributed by atoms with Gasteiger partial charge in [-0.05, 0) is 81.9 Å². The Morgan fingerprint density at radius 1 is 0.848 bits per heavy atom. The Balaban J connectivity index is 1.40. The van der Waals surface area contributed by atoms with E-state index in [-0.39, 0.29) is 5.69 Å². The summed E-state index contributed by atoms with van der Waals surface area (Å²) in [4.78, 5) is 57.8. The summed E-state index contributed by atoms with van der Waals surface area (Å²) in [5.41, 5.74) is 2.33. The topological polar surface area (TPSA) is 198 Å². The molecule has 0 saturated carbocycles. The molecule has 46 heavy (non-hydrogen) atoms. The molecule has 0 radical (unpaired) electrons. The van der Waals surface area contributed by atoms with Crippen molar-refractivity contribution in [3.05, 3.63) is 52.9 Å². The predicted molar refractivity (Wildman–Crippen MR) is 180 cm³/mol. The van der Waals surface area contributed by atoms with Crippen LogP contribution in [-0.2, 0) is 9.59 Å². The molecule has 0 spiro atoms. The first-order valence-electron chi connectivity index (χ1n) is 15.5. The number of anilines is 5. The Morgan fingerprint density at radius 2 is 1.48 bits per heavy atom. The maximum Gasteiger partial charge on any atom is 0.323 e. The number of ketones is 1. The molecule has 4 rings (SSSR count). The van der Waals surface area contributed by atoms with E-state index in [1.165, 1.54) is 6.92 Å². The quantitative estimate of drug-likeness (QED) is 0.0503. The summed E-state index contributed by atoms with van der Waals surface area (Å²) in [5.74, 6) is 0.243. The fourth-order valence-corrected chi connectivity index (χ4v) is 4.51. The van der Waals surface area contributed by atoms with E-state index in [4.69, 9.17) is 0 Å². The summed E-state index contributed by atoms with van der Waals surface area (Å²) in [7, 11) is 0. The third-order valence-corrected chi connectivity index (χ3v) is 7.11. The summed E-state index contributed by atoms with van der Waals surface area (Å²) in [5, 5.41) is 20.6. The van der Waals surface area contributed by atoms with Crippen LogP contribution in [0, 0.1) is 0 Å². The van der Waals surface area contributed by atoms with E-state index in [0.717, 1.165) is 52.0 Å². The molecule has 1 unspecified atom stereocenters. The average molecular weight is 631 g/mol. The highest BCUT2D eigenvalue weighted by Crippen LogP contribution is 2.21. The molecule has 0 aliphatic heterocycles. The molecule has 0 fully saturated rings. The van der Waals surface area contributed by atoms with Crippen molar-refractivity contribution in [1.29, 1.82) is 0 Å². The molecule has 2 aromatic carbocycles. The van der Waals surface area contributed by atoms with E-state index in [1.807, 2.05) is 0 Å². The van der Waals surface area contributed by atoms with Crippen LogP contribution in [0.25, 0.3) is 11.0 Å². The highest BCUT2D eigenvalue weighted by Gasteiger charge is 2.23. The first kappa shape index (κ1) is 33.7. The third kappa shape index (κ3) is 9.92. The lowest BCUT2D eigenvalue weighted by Gasteiger charge is -2.17. The zero-order valence-electron chi connectivity index (χ0n) is 26.7. The molecule has 0 saturated heterocycles. The Labute approximate surface area is 267 Å². The molecule has 2 aromatic heterocycles. The van der Waals surface area contributed by atoms with Gasteiger partial charge in [-0.2, -0.15) is 25.2 Å². The number of carbonyl (C=O) groups is 2. The number of aromatic nitrogens is 5. The van der Waals surface area contributed by atoms with Gasteiger partial charge in [0.05, 0.1) is 16.7 Å². The van der Waals surface area contributed by atoms with Gasteiger partial charge in [-0.25, -0.2) is 4.79 Å². The number of azo groups is 1. The van der Waals surface area contributed by atoms with Gasteiger partial charge in [-0.1, -0.05) is 27.2 Å². The maximum atomic E-state index is 12.8. The van der Waals surface area contributed by atoms with Gasteiger partial charge >= 0.3 is 5.69 Å². The maximum absolute atomic E-state index is 12.8. The molecular formula is C31H42N12O3. The van der Waals surface area contributed by atoms with E-state index < -0.39 is 17.7 Å². The van der Waals surface area contributed by atoms with Gasteiger partial charge < -0.3 is 36.1 Å². The number of H-pyrrole nitrogens is 2. The minimum atomic E-state index is -1.35. The third-order valence-electron chi connectivity index (χ3n) is 7.11. The van der Waals surface area contributed by atoms with Gasteiger partial charge in [0.15, 0.2) is 5.78 Å². The second kappa shape index (κ2) is 16.8. The SMILES string of the molecule is CCCCNc1nc(NCCCN(CC)CC)nc(Nc2ccc(/N=N/C(C(C)=O)C(=O)Nc3ccc4[nH]c(=O)[nH]c4c3)cc2)n1. The Morgan fingerprint density at radius 3 is 2.13 bits per heavy atom. The molecule has 0 bridgehead atoms. The molecule has 6 N–H and O–H groups in total. The van der Waals surface area contributed by atoms with Crippen molar-refractivity contribution in [1.82, 2.24) is 29.8 Å². The van der Waals surface area contributed by atoms with Crippen molar-refractivity contribution in [2.75, 3.05) is 54.0 Å². The number of rotatable bonds is 18. The number of unbranched alkanes of at least 4 members (excludes halogenated alkanes) is 1. The lowest BCUT2D eigenvalue weighted by Crippen LogP contribution is -2.31. The van der Waals surface area contributed by atoms with Crippen LogP contribution in [0.2, 0.25) is 0 Å². The zero-order valence-corrected chi connectivity index (χ0v) is 26.7. The number of nitrogens with zero attached hydrogens (tertiary/aromatic N) is 6. The number of fused-ring (bicyclic) bond motifs is 1. The van der Waals surface area contributed by atoms with Gasteiger partial charge in [0, 0.05) is 24.5 Å². The molecule has 15 heteroatoms. The van der Waals surface area contributed by atoms with Crippen LogP contribution < -0.4 is 27.0 Å². The van der Waals surface area contributed by atoms with Crippen LogP contribution >= 0.6 is 0 Å². The molecule has 15 nitrogen and oxygen atoms in total. The van der Waals surface area contributed by atoms with Crippen molar-refractivity contribution in [2.24, 2.45) is 10.2 Å². The zero-order chi connectivity index (χ0) is 32.9. The number of hydrogen-bond acceptors (Lipinski definition) is 12. The minimum Gasteiger partial charge on any atom is -0.354 e. The molecule has 1 atom stereocenters. The van der Waals surface area contributed by atoms with Crippen LogP contribution in [0.4, 0.5) is 34.9 Å². The normalized spacial score (nSPS) is 12.0. The van der Waals surface area contributed by atoms with Gasteiger partial charge in [-0.15, -0.1) is 0 Å². The second-order valence-electron chi connectivity index (χ2n) is 10.6. The molecular weight excluding hydrogens is 588 g/mol. The van der Waals surface area contributed by atoms with Crippen molar-refractivity contribution >= 4 is 57.6 Å². The summed E-state index contributed by atoms with van der Waals surface area (Å²) < 4.78 is 0. The molecule has 244 valence electrons. The first-order chi connectivity index (χ1) is 22.3. The number of carbonyl (C=O) groups excluding carboxylic acids is 2. The Bertz CT molecular complexity index is 1680. The first-order valence-corrected chi connectivity index (χ1v) is 15.5. The number of Topliss-reactive ketones (excluding diaryl/α,β-unsaturated/α-hetero) is 1. The van der Waals surface area contributed by atoms with Gasteiger partial charge in [0.25, 0.3) is 5.91 Å². The van der Waals surface area contributed by atoms with E-state index >= 15 is 0 Å². The summed E-state index contributed by atoms with van der Waals surface area (Å²) in [6.07, 6.45) is 3.01. The number of nitrogens with one attached hydrogen (secondary N) is 6. The van der Waals surface area contributed by atoms with Crippen LogP contribution in [0.5, 0.6) is 0 Å². The molecule has 0 aliphatic rings. The summed E-state index contributed by atoms with van der Waals surface area (Å²) >= 11 is 0. The largest absolute Gasteiger partial charge is 0.354 e. The molecule has 1 amide bonds.